The van der Waals surface area contributed by atoms with Gasteiger partial charge in [0, 0.05) is 23.1 Å². The number of hydrogen-bond donors (Lipinski definition) is 4. The Hall–Kier alpha value is -4.13. The van der Waals surface area contributed by atoms with Crippen LogP contribution in [0.4, 0.5) is 33.6 Å². The molecule has 3 rings (SSSR count). The summed E-state index contributed by atoms with van der Waals surface area (Å²) in [6.07, 6.45) is 0.880. The summed E-state index contributed by atoms with van der Waals surface area (Å²) >= 11 is 0. The number of carbonyl (C=O) groups is 1. The number of methoxy groups -OCH3 is 1. The number of nitriles is 1. The van der Waals surface area contributed by atoms with Gasteiger partial charge in [0.05, 0.1) is 13.3 Å². The molecule has 0 aliphatic heterocycles. The Morgan fingerprint density at radius 3 is 2.71 bits per heavy atom. The zero-order chi connectivity index (χ0) is 20.1. The standard InChI is InChI=1S/C18H18N8O2/c1-10-4-5-12(7-13(10)22-18(27)28-3)21-17-14(8-19)20-9-16(24-17)23-15-6-11(2)25-26-15/h4-7,9H,1-3H3,(H,22,27)(H3,21,23,24,25,26). The highest BCUT2D eigenvalue weighted by atomic mass is 16.5. The Labute approximate surface area is 161 Å². The second-order valence-electron chi connectivity index (χ2n) is 5.90. The highest BCUT2D eigenvalue weighted by molar-refractivity contribution is 5.86. The van der Waals surface area contributed by atoms with Gasteiger partial charge in [-0.2, -0.15) is 10.4 Å². The van der Waals surface area contributed by atoms with E-state index in [0.29, 0.717) is 23.0 Å². The van der Waals surface area contributed by atoms with Crippen LogP contribution < -0.4 is 16.0 Å². The third-order valence-corrected chi connectivity index (χ3v) is 3.76. The molecule has 0 saturated carbocycles. The minimum absolute atomic E-state index is 0.131. The Balaban J connectivity index is 1.86. The first-order valence-electron chi connectivity index (χ1n) is 8.27. The first-order chi connectivity index (χ1) is 13.5. The number of aryl methyl sites for hydroxylation is 2. The predicted octanol–water partition coefficient (Wildman–Crippen LogP) is 3.35. The normalized spacial score (nSPS) is 10.1. The average molecular weight is 378 g/mol. The number of nitrogens with one attached hydrogen (secondary N) is 4. The summed E-state index contributed by atoms with van der Waals surface area (Å²) < 4.78 is 4.63. The van der Waals surface area contributed by atoms with E-state index in [1.54, 1.807) is 12.1 Å². The number of ether oxygens (including phenoxy) is 1. The molecular formula is C18H18N8O2. The number of benzene rings is 1. The minimum Gasteiger partial charge on any atom is -0.453 e. The van der Waals surface area contributed by atoms with Gasteiger partial charge in [-0.05, 0) is 31.5 Å². The Morgan fingerprint density at radius 1 is 1.21 bits per heavy atom. The van der Waals surface area contributed by atoms with E-state index in [4.69, 9.17) is 0 Å². The summed E-state index contributed by atoms with van der Waals surface area (Å²) in [6.45, 7) is 3.74. The van der Waals surface area contributed by atoms with Crippen molar-refractivity contribution in [2.45, 2.75) is 13.8 Å². The van der Waals surface area contributed by atoms with Gasteiger partial charge in [-0.1, -0.05) is 6.07 Å². The van der Waals surface area contributed by atoms with Crippen LogP contribution in [-0.2, 0) is 4.74 Å². The molecule has 0 radical (unpaired) electrons. The SMILES string of the molecule is COC(=O)Nc1cc(Nc2nc(Nc3cc(C)[nH]n3)cnc2C#N)ccc1C. The lowest BCUT2D eigenvalue weighted by atomic mass is 10.2. The van der Waals surface area contributed by atoms with Crippen molar-refractivity contribution >= 4 is 34.9 Å². The van der Waals surface area contributed by atoms with Crippen LogP contribution in [0.2, 0.25) is 0 Å². The van der Waals surface area contributed by atoms with Crippen molar-refractivity contribution in [3.63, 3.8) is 0 Å². The second-order valence-corrected chi connectivity index (χ2v) is 5.90. The number of H-pyrrole nitrogens is 1. The number of aromatic amines is 1. The molecular weight excluding hydrogens is 360 g/mol. The van der Waals surface area contributed by atoms with Gasteiger partial charge in [-0.25, -0.2) is 14.8 Å². The Bertz CT molecular complexity index is 1050. The van der Waals surface area contributed by atoms with E-state index >= 15 is 0 Å². The van der Waals surface area contributed by atoms with E-state index in [-0.39, 0.29) is 11.5 Å². The summed E-state index contributed by atoms with van der Waals surface area (Å²) in [5.41, 5.74) is 3.08. The van der Waals surface area contributed by atoms with Crippen LogP contribution >= 0.6 is 0 Å². The summed E-state index contributed by atoms with van der Waals surface area (Å²) in [5.74, 6) is 1.28. The van der Waals surface area contributed by atoms with Crippen LogP contribution in [-0.4, -0.2) is 33.4 Å². The molecule has 0 spiro atoms. The van der Waals surface area contributed by atoms with Gasteiger partial charge in [-0.15, -0.1) is 0 Å². The first kappa shape index (κ1) is 18.7. The van der Waals surface area contributed by atoms with Crippen molar-refractivity contribution in [2.75, 3.05) is 23.1 Å². The van der Waals surface area contributed by atoms with Crippen molar-refractivity contribution in [1.29, 1.82) is 5.26 Å². The molecule has 1 aromatic carbocycles. The number of carbonyl (C=O) groups excluding carboxylic acids is 1. The Kier molecular flexibility index (Phi) is 5.36. The number of anilines is 5. The van der Waals surface area contributed by atoms with E-state index in [1.807, 2.05) is 32.0 Å². The maximum Gasteiger partial charge on any atom is 0.411 e. The highest BCUT2D eigenvalue weighted by Crippen LogP contribution is 2.25. The third-order valence-electron chi connectivity index (χ3n) is 3.76. The molecule has 0 aliphatic rings. The molecule has 28 heavy (non-hydrogen) atoms. The van der Waals surface area contributed by atoms with Gasteiger partial charge < -0.3 is 15.4 Å². The zero-order valence-corrected chi connectivity index (χ0v) is 15.5. The maximum absolute atomic E-state index is 11.5. The summed E-state index contributed by atoms with van der Waals surface area (Å²) in [7, 11) is 1.29. The van der Waals surface area contributed by atoms with Crippen molar-refractivity contribution in [1.82, 2.24) is 20.2 Å². The van der Waals surface area contributed by atoms with Crippen molar-refractivity contribution in [3.05, 3.63) is 47.4 Å². The number of aromatic nitrogens is 4. The van der Waals surface area contributed by atoms with Gasteiger partial charge in [0.15, 0.2) is 23.1 Å². The zero-order valence-electron chi connectivity index (χ0n) is 15.5. The molecule has 0 atom stereocenters. The fourth-order valence-corrected chi connectivity index (χ4v) is 2.36. The monoisotopic (exact) mass is 378 g/mol. The molecule has 4 N–H and O–H groups in total. The number of hydrogen-bond acceptors (Lipinski definition) is 8. The van der Waals surface area contributed by atoms with E-state index in [2.05, 4.69) is 40.9 Å². The largest absolute Gasteiger partial charge is 0.453 e. The molecule has 0 bridgehead atoms. The van der Waals surface area contributed by atoms with Crippen LogP contribution in [0.1, 0.15) is 17.0 Å². The quantitative estimate of drug-likeness (QED) is 0.530. The number of nitrogens with zero attached hydrogens (tertiary/aromatic N) is 4. The van der Waals surface area contributed by atoms with Crippen molar-refractivity contribution in [3.8, 4) is 6.07 Å². The van der Waals surface area contributed by atoms with Crippen LogP contribution in [0.15, 0.2) is 30.5 Å². The molecule has 0 fully saturated rings. The van der Waals surface area contributed by atoms with E-state index < -0.39 is 6.09 Å². The van der Waals surface area contributed by atoms with Crippen LogP contribution in [0.5, 0.6) is 0 Å². The van der Waals surface area contributed by atoms with Crippen molar-refractivity contribution in [2.24, 2.45) is 0 Å². The van der Waals surface area contributed by atoms with Gasteiger partial charge >= 0.3 is 6.09 Å². The van der Waals surface area contributed by atoms with Crippen LogP contribution in [0.25, 0.3) is 0 Å². The highest BCUT2D eigenvalue weighted by Gasteiger charge is 2.11. The lowest BCUT2D eigenvalue weighted by molar-refractivity contribution is 0.187. The minimum atomic E-state index is -0.571. The molecule has 142 valence electrons. The maximum atomic E-state index is 11.5. The molecule has 2 heterocycles. The molecule has 3 aromatic rings. The van der Waals surface area contributed by atoms with Gasteiger partial charge in [0.2, 0.25) is 0 Å². The van der Waals surface area contributed by atoms with E-state index in [0.717, 1.165) is 11.3 Å². The van der Waals surface area contributed by atoms with Gasteiger partial charge in [-0.3, -0.25) is 10.4 Å². The van der Waals surface area contributed by atoms with Crippen LogP contribution in [0, 0.1) is 25.2 Å². The first-order valence-corrected chi connectivity index (χ1v) is 8.27. The lowest BCUT2D eigenvalue weighted by Crippen LogP contribution is -2.12. The summed E-state index contributed by atoms with van der Waals surface area (Å²) in [6, 6.07) is 9.16. The summed E-state index contributed by atoms with van der Waals surface area (Å²) in [4.78, 5) is 20.0. The fraction of sp³-hybridized carbons (Fsp3) is 0.167. The smallest absolute Gasteiger partial charge is 0.411 e. The Morgan fingerprint density at radius 2 is 2.04 bits per heavy atom. The number of amides is 1. The molecule has 0 unspecified atom stereocenters. The molecule has 0 saturated heterocycles. The molecule has 1 amide bonds. The fourth-order valence-electron chi connectivity index (χ4n) is 2.36. The second kappa shape index (κ2) is 8.05. The van der Waals surface area contributed by atoms with Gasteiger partial charge in [0.25, 0.3) is 0 Å². The molecule has 2 aromatic heterocycles. The molecule has 10 nitrogen and oxygen atoms in total. The lowest BCUT2D eigenvalue weighted by Gasteiger charge is -2.12. The average Bonchev–Trinajstić information content (AvgIpc) is 3.09. The molecule has 0 aliphatic carbocycles. The van der Waals surface area contributed by atoms with Crippen molar-refractivity contribution < 1.29 is 9.53 Å². The van der Waals surface area contributed by atoms with E-state index in [1.165, 1.54) is 13.3 Å². The summed E-state index contributed by atoms with van der Waals surface area (Å²) in [5, 5.41) is 24.9. The molecule has 10 heteroatoms. The van der Waals surface area contributed by atoms with E-state index in [9.17, 15) is 10.1 Å². The third kappa shape index (κ3) is 4.34. The van der Waals surface area contributed by atoms with Crippen LogP contribution in [0.3, 0.4) is 0 Å². The van der Waals surface area contributed by atoms with Gasteiger partial charge in [0.1, 0.15) is 6.07 Å². The predicted molar refractivity (Wildman–Crippen MR) is 104 cm³/mol. The number of rotatable bonds is 5. The topological polar surface area (TPSA) is 141 Å².